The number of ether oxygens (including phenoxy) is 1. The van der Waals surface area contributed by atoms with E-state index in [2.05, 4.69) is 15.1 Å². The van der Waals surface area contributed by atoms with Gasteiger partial charge in [0.2, 0.25) is 5.88 Å². The highest BCUT2D eigenvalue weighted by Crippen LogP contribution is 2.22. The van der Waals surface area contributed by atoms with Gasteiger partial charge in [-0.05, 0) is 39.7 Å². The summed E-state index contributed by atoms with van der Waals surface area (Å²) in [7, 11) is 0. The zero-order valence-electron chi connectivity index (χ0n) is 11.8. The molecule has 0 atom stereocenters. The van der Waals surface area contributed by atoms with Gasteiger partial charge in [0, 0.05) is 25.1 Å². The maximum Gasteiger partial charge on any atom is 0.233 e. The summed E-state index contributed by atoms with van der Waals surface area (Å²) in [5.74, 6) is 1.93. The summed E-state index contributed by atoms with van der Waals surface area (Å²) in [6.45, 7) is 7.33. The van der Waals surface area contributed by atoms with Gasteiger partial charge in [-0.15, -0.1) is 10.2 Å². The van der Waals surface area contributed by atoms with Gasteiger partial charge in [-0.3, -0.25) is 4.79 Å². The minimum absolute atomic E-state index is 0.103. The Labute approximate surface area is 114 Å². The summed E-state index contributed by atoms with van der Waals surface area (Å²) < 4.78 is 5.47. The smallest absolute Gasteiger partial charge is 0.233 e. The molecule has 1 aromatic heterocycles. The number of hydrogen-bond acceptors (Lipinski definition) is 5. The fourth-order valence-electron chi connectivity index (χ4n) is 2.30. The van der Waals surface area contributed by atoms with Crippen molar-refractivity contribution in [1.82, 2.24) is 10.2 Å². The Morgan fingerprint density at radius 1 is 1.32 bits per heavy atom. The van der Waals surface area contributed by atoms with Crippen molar-refractivity contribution in [2.75, 3.05) is 18.0 Å². The standard InChI is InChI=1S/C14H21N3O2/c1-10(2)19-14-5-4-13(15-16-14)17-8-6-12(7-9-17)11(3)18/h4-5,10,12H,6-9H2,1-3H3. The predicted octanol–water partition coefficient (Wildman–Crippen LogP) is 2.07. The SMILES string of the molecule is CC(=O)C1CCN(c2ccc(OC(C)C)nn2)CC1. The van der Waals surface area contributed by atoms with Gasteiger partial charge in [-0.1, -0.05) is 0 Å². The highest BCUT2D eigenvalue weighted by atomic mass is 16.5. The van der Waals surface area contributed by atoms with Crippen LogP contribution < -0.4 is 9.64 Å². The average Bonchev–Trinajstić information content (AvgIpc) is 2.39. The Kier molecular flexibility index (Phi) is 4.35. The number of carbonyl (C=O) groups excluding carboxylic acids is 1. The number of rotatable bonds is 4. The Balaban J connectivity index is 1.94. The molecule has 104 valence electrons. The van der Waals surface area contributed by atoms with Crippen LogP contribution in [0.3, 0.4) is 0 Å². The number of carbonyl (C=O) groups is 1. The van der Waals surface area contributed by atoms with Crippen molar-refractivity contribution in [3.05, 3.63) is 12.1 Å². The lowest BCUT2D eigenvalue weighted by molar-refractivity contribution is -0.121. The van der Waals surface area contributed by atoms with Crippen LogP contribution in [0, 0.1) is 5.92 Å². The molecule has 0 N–H and O–H groups in total. The molecular weight excluding hydrogens is 242 g/mol. The Morgan fingerprint density at radius 2 is 2.00 bits per heavy atom. The first-order chi connectivity index (χ1) is 9.06. The number of nitrogens with zero attached hydrogens (tertiary/aromatic N) is 3. The number of ketones is 1. The second-order valence-corrected chi connectivity index (χ2v) is 5.27. The van der Waals surface area contributed by atoms with Crippen molar-refractivity contribution in [3.63, 3.8) is 0 Å². The molecular formula is C14H21N3O2. The van der Waals surface area contributed by atoms with Crippen molar-refractivity contribution >= 4 is 11.6 Å². The molecule has 0 bridgehead atoms. The molecule has 1 aromatic rings. The molecule has 5 nitrogen and oxygen atoms in total. The fraction of sp³-hybridized carbons (Fsp3) is 0.643. The van der Waals surface area contributed by atoms with Gasteiger partial charge in [-0.2, -0.15) is 0 Å². The van der Waals surface area contributed by atoms with Crippen molar-refractivity contribution in [1.29, 1.82) is 0 Å². The van der Waals surface area contributed by atoms with E-state index in [4.69, 9.17) is 4.74 Å². The van der Waals surface area contributed by atoms with Crippen LogP contribution in [0.2, 0.25) is 0 Å². The van der Waals surface area contributed by atoms with Crippen molar-refractivity contribution < 1.29 is 9.53 Å². The molecule has 19 heavy (non-hydrogen) atoms. The predicted molar refractivity (Wildman–Crippen MR) is 73.4 cm³/mol. The van der Waals surface area contributed by atoms with Crippen LogP contribution in [0.5, 0.6) is 5.88 Å². The van der Waals surface area contributed by atoms with E-state index >= 15 is 0 Å². The van der Waals surface area contributed by atoms with E-state index in [1.165, 1.54) is 0 Å². The normalized spacial score (nSPS) is 16.7. The summed E-state index contributed by atoms with van der Waals surface area (Å²) in [5, 5.41) is 8.26. The third-order valence-electron chi connectivity index (χ3n) is 3.38. The summed E-state index contributed by atoms with van der Waals surface area (Å²) in [5.41, 5.74) is 0. The van der Waals surface area contributed by atoms with Crippen LogP contribution in [-0.2, 0) is 4.79 Å². The Hall–Kier alpha value is -1.65. The van der Waals surface area contributed by atoms with E-state index < -0.39 is 0 Å². The Morgan fingerprint density at radius 3 is 2.47 bits per heavy atom. The van der Waals surface area contributed by atoms with Crippen LogP contribution in [0.4, 0.5) is 5.82 Å². The molecule has 0 aliphatic carbocycles. The summed E-state index contributed by atoms with van der Waals surface area (Å²) >= 11 is 0. The zero-order valence-corrected chi connectivity index (χ0v) is 11.8. The highest BCUT2D eigenvalue weighted by Gasteiger charge is 2.23. The number of Topliss-reactive ketones (excluding diaryl/α,β-unsaturated/α-hetero) is 1. The monoisotopic (exact) mass is 263 g/mol. The van der Waals surface area contributed by atoms with Gasteiger partial charge in [-0.25, -0.2) is 0 Å². The first-order valence-corrected chi connectivity index (χ1v) is 6.82. The second kappa shape index (κ2) is 5.99. The van der Waals surface area contributed by atoms with E-state index in [1.807, 2.05) is 26.0 Å². The van der Waals surface area contributed by atoms with E-state index in [0.29, 0.717) is 11.7 Å². The molecule has 0 unspecified atom stereocenters. The van der Waals surface area contributed by atoms with E-state index in [9.17, 15) is 4.79 Å². The van der Waals surface area contributed by atoms with Crippen LogP contribution >= 0.6 is 0 Å². The van der Waals surface area contributed by atoms with Crippen molar-refractivity contribution in [2.45, 2.75) is 39.7 Å². The minimum Gasteiger partial charge on any atom is -0.474 e. The molecule has 1 aliphatic heterocycles. The molecule has 1 fully saturated rings. The molecule has 1 aliphatic rings. The number of anilines is 1. The molecule has 0 spiro atoms. The number of piperidine rings is 1. The topological polar surface area (TPSA) is 55.3 Å². The fourth-order valence-corrected chi connectivity index (χ4v) is 2.30. The van der Waals surface area contributed by atoms with Gasteiger partial charge in [0.15, 0.2) is 5.82 Å². The van der Waals surface area contributed by atoms with Gasteiger partial charge in [0.25, 0.3) is 0 Å². The van der Waals surface area contributed by atoms with Crippen LogP contribution in [0.15, 0.2) is 12.1 Å². The maximum absolute atomic E-state index is 11.3. The van der Waals surface area contributed by atoms with Crippen molar-refractivity contribution in [2.24, 2.45) is 5.92 Å². The maximum atomic E-state index is 11.3. The lowest BCUT2D eigenvalue weighted by Crippen LogP contribution is -2.36. The van der Waals surface area contributed by atoms with Crippen LogP contribution in [0.25, 0.3) is 0 Å². The van der Waals surface area contributed by atoms with E-state index in [1.54, 1.807) is 6.92 Å². The summed E-state index contributed by atoms with van der Waals surface area (Å²) in [6.07, 6.45) is 1.91. The molecule has 0 aromatic carbocycles. The van der Waals surface area contributed by atoms with Crippen molar-refractivity contribution in [3.8, 4) is 5.88 Å². The molecule has 0 saturated carbocycles. The second-order valence-electron chi connectivity index (χ2n) is 5.27. The van der Waals surface area contributed by atoms with Crippen LogP contribution in [0.1, 0.15) is 33.6 Å². The lowest BCUT2D eigenvalue weighted by atomic mass is 9.93. The van der Waals surface area contributed by atoms with Gasteiger partial charge >= 0.3 is 0 Å². The third-order valence-corrected chi connectivity index (χ3v) is 3.38. The molecule has 5 heteroatoms. The van der Waals surface area contributed by atoms with E-state index in [0.717, 1.165) is 31.7 Å². The molecule has 2 rings (SSSR count). The Bertz CT molecular complexity index is 423. The number of aromatic nitrogens is 2. The quantitative estimate of drug-likeness (QED) is 0.832. The van der Waals surface area contributed by atoms with Gasteiger partial charge in [0.1, 0.15) is 5.78 Å². The number of hydrogen-bond donors (Lipinski definition) is 0. The minimum atomic E-state index is 0.103. The van der Waals surface area contributed by atoms with Gasteiger partial charge < -0.3 is 9.64 Å². The summed E-state index contributed by atoms with van der Waals surface area (Å²) in [6, 6.07) is 3.78. The largest absolute Gasteiger partial charge is 0.474 e. The lowest BCUT2D eigenvalue weighted by Gasteiger charge is -2.31. The molecule has 0 radical (unpaired) electrons. The summed E-state index contributed by atoms with van der Waals surface area (Å²) in [4.78, 5) is 13.5. The third kappa shape index (κ3) is 3.66. The van der Waals surface area contributed by atoms with Crippen LogP contribution in [-0.4, -0.2) is 35.2 Å². The average molecular weight is 263 g/mol. The van der Waals surface area contributed by atoms with E-state index in [-0.39, 0.29) is 12.0 Å². The zero-order chi connectivity index (χ0) is 13.8. The molecule has 2 heterocycles. The molecule has 1 saturated heterocycles. The first-order valence-electron chi connectivity index (χ1n) is 6.82. The highest BCUT2D eigenvalue weighted by molar-refractivity contribution is 5.78. The first kappa shape index (κ1) is 13.8. The van der Waals surface area contributed by atoms with Gasteiger partial charge in [0.05, 0.1) is 6.10 Å². The molecule has 0 amide bonds.